The van der Waals surface area contributed by atoms with Gasteiger partial charge in [0.2, 0.25) is 5.91 Å². The van der Waals surface area contributed by atoms with E-state index in [4.69, 9.17) is 0 Å². The third kappa shape index (κ3) is 4.43. The number of fused-ring (bicyclic) bond motifs is 1. The van der Waals surface area contributed by atoms with Crippen molar-refractivity contribution in [3.05, 3.63) is 90.5 Å². The van der Waals surface area contributed by atoms with Gasteiger partial charge in [-0.25, -0.2) is 4.98 Å². The Labute approximate surface area is 168 Å². The lowest BCUT2D eigenvalue weighted by Gasteiger charge is -2.08. The standard InChI is InChI=1S/C23H21N3OS/c1-17-24-12-13-26(17)15-18-6-9-21(10-7-18)25-23(27)16-28-22-11-8-19-4-2-3-5-20(19)14-22/h2-14H,15-16H2,1H3,(H,25,27). The molecule has 0 atom stereocenters. The van der Waals surface area contributed by atoms with Crippen molar-refractivity contribution in [1.29, 1.82) is 0 Å². The van der Waals surface area contributed by atoms with Crippen molar-refractivity contribution in [3.63, 3.8) is 0 Å². The number of nitrogens with one attached hydrogen (secondary N) is 1. The lowest BCUT2D eigenvalue weighted by atomic mass is 10.1. The SMILES string of the molecule is Cc1nccn1Cc1ccc(NC(=O)CSc2ccc3ccccc3c2)cc1. The fourth-order valence-electron chi connectivity index (χ4n) is 3.06. The second kappa shape index (κ2) is 8.31. The van der Waals surface area contributed by atoms with Crippen molar-refractivity contribution in [2.75, 3.05) is 11.1 Å². The van der Waals surface area contributed by atoms with Crippen LogP contribution < -0.4 is 5.32 Å². The Morgan fingerprint density at radius 1 is 1.04 bits per heavy atom. The lowest BCUT2D eigenvalue weighted by Crippen LogP contribution is -2.14. The van der Waals surface area contributed by atoms with Crippen LogP contribution in [0.3, 0.4) is 0 Å². The first-order valence-electron chi connectivity index (χ1n) is 9.15. The number of amides is 1. The van der Waals surface area contributed by atoms with Crippen LogP contribution >= 0.6 is 11.8 Å². The second-order valence-electron chi connectivity index (χ2n) is 6.65. The van der Waals surface area contributed by atoms with Crippen LogP contribution in [0.1, 0.15) is 11.4 Å². The van der Waals surface area contributed by atoms with Crippen molar-refractivity contribution in [2.24, 2.45) is 0 Å². The third-order valence-electron chi connectivity index (χ3n) is 4.61. The van der Waals surface area contributed by atoms with Gasteiger partial charge in [-0.3, -0.25) is 4.79 Å². The van der Waals surface area contributed by atoms with Gasteiger partial charge in [-0.2, -0.15) is 0 Å². The summed E-state index contributed by atoms with van der Waals surface area (Å²) < 4.78 is 2.09. The molecule has 4 rings (SSSR count). The van der Waals surface area contributed by atoms with Crippen LogP contribution in [0, 0.1) is 6.92 Å². The second-order valence-corrected chi connectivity index (χ2v) is 7.69. The van der Waals surface area contributed by atoms with Crippen molar-refractivity contribution >= 4 is 34.1 Å². The maximum atomic E-state index is 12.3. The molecule has 1 heterocycles. The van der Waals surface area contributed by atoms with Gasteiger partial charge in [0.1, 0.15) is 5.82 Å². The number of thioether (sulfide) groups is 1. The maximum Gasteiger partial charge on any atom is 0.234 e. The van der Waals surface area contributed by atoms with Gasteiger partial charge in [0.05, 0.1) is 5.75 Å². The van der Waals surface area contributed by atoms with Gasteiger partial charge in [0, 0.05) is 29.5 Å². The molecular formula is C23H21N3OS. The molecule has 1 N–H and O–H groups in total. The van der Waals surface area contributed by atoms with Crippen molar-refractivity contribution < 1.29 is 4.79 Å². The fourth-order valence-corrected chi connectivity index (χ4v) is 3.81. The summed E-state index contributed by atoms with van der Waals surface area (Å²) >= 11 is 1.55. The predicted octanol–water partition coefficient (Wildman–Crippen LogP) is 5.12. The molecule has 0 spiro atoms. The van der Waals surface area contributed by atoms with Gasteiger partial charge in [-0.05, 0) is 47.5 Å². The topological polar surface area (TPSA) is 46.9 Å². The molecule has 4 nitrogen and oxygen atoms in total. The van der Waals surface area contributed by atoms with Crippen LogP contribution in [-0.2, 0) is 11.3 Å². The van der Waals surface area contributed by atoms with Crippen molar-refractivity contribution in [2.45, 2.75) is 18.4 Å². The maximum absolute atomic E-state index is 12.3. The van der Waals surface area contributed by atoms with Crippen LogP contribution in [0.4, 0.5) is 5.69 Å². The summed E-state index contributed by atoms with van der Waals surface area (Å²) in [6.45, 7) is 2.76. The van der Waals surface area contributed by atoms with Gasteiger partial charge in [0.25, 0.3) is 0 Å². The quantitative estimate of drug-likeness (QED) is 0.467. The Morgan fingerprint density at radius 3 is 2.57 bits per heavy atom. The van der Waals surface area contributed by atoms with Gasteiger partial charge in [0.15, 0.2) is 0 Å². The smallest absolute Gasteiger partial charge is 0.234 e. The summed E-state index contributed by atoms with van der Waals surface area (Å²) in [5.74, 6) is 1.37. The lowest BCUT2D eigenvalue weighted by molar-refractivity contribution is -0.113. The number of rotatable bonds is 6. The average molecular weight is 388 g/mol. The molecule has 28 heavy (non-hydrogen) atoms. The molecule has 0 aliphatic heterocycles. The normalized spacial score (nSPS) is 10.9. The number of aromatic nitrogens is 2. The number of imidazole rings is 1. The van der Waals surface area contributed by atoms with Crippen LogP contribution in [0.5, 0.6) is 0 Å². The highest BCUT2D eigenvalue weighted by Gasteiger charge is 2.05. The Balaban J connectivity index is 1.32. The van der Waals surface area contributed by atoms with Gasteiger partial charge < -0.3 is 9.88 Å². The summed E-state index contributed by atoms with van der Waals surface area (Å²) in [5, 5.41) is 5.37. The van der Waals surface area contributed by atoms with E-state index in [1.54, 1.807) is 18.0 Å². The van der Waals surface area contributed by atoms with E-state index in [1.165, 1.54) is 16.3 Å². The minimum absolute atomic E-state index is 0.00337. The summed E-state index contributed by atoms with van der Waals surface area (Å²) in [6.07, 6.45) is 3.77. The number of nitrogens with zero attached hydrogens (tertiary/aromatic N) is 2. The molecule has 3 aromatic carbocycles. The monoisotopic (exact) mass is 387 g/mol. The fraction of sp³-hybridized carbons (Fsp3) is 0.130. The number of aryl methyl sites for hydroxylation is 1. The van der Waals surface area contributed by atoms with E-state index in [1.807, 2.05) is 49.5 Å². The third-order valence-corrected chi connectivity index (χ3v) is 5.60. The number of hydrogen-bond acceptors (Lipinski definition) is 3. The minimum Gasteiger partial charge on any atom is -0.331 e. The number of anilines is 1. The van der Waals surface area contributed by atoms with Crippen LogP contribution in [0.25, 0.3) is 10.8 Å². The van der Waals surface area contributed by atoms with E-state index in [0.717, 1.165) is 23.0 Å². The molecule has 1 aromatic heterocycles. The zero-order valence-electron chi connectivity index (χ0n) is 15.6. The van der Waals surface area contributed by atoms with Crippen molar-refractivity contribution in [1.82, 2.24) is 9.55 Å². The summed E-state index contributed by atoms with van der Waals surface area (Å²) in [6, 6.07) is 22.5. The first-order valence-corrected chi connectivity index (χ1v) is 10.1. The van der Waals surface area contributed by atoms with Gasteiger partial charge >= 0.3 is 0 Å². The number of benzene rings is 3. The van der Waals surface area contributed by atoms with Gasteiger partial charge in [-0.1, -0.05) is 42.5 Å². The van der Waals surface area contributed by atoms with E-state index in [2.05, 4.69) is 45.2 Å². The molecule has 0 aliphatic rings. The molecule has 1 amide bonds. The van der Waals surface area contributed by atoms with Crippen molar-refractivity contribution in [3.8, 4) is 0 Å². The Kier molecular flexibility index (Phi) is 5.44. The number of hydrogen-bond donors (Lipinski definition) is 1. The Hall–Kier alpha value is -3.05. The molecule has 0 saturated carbocycles. The van der Waals surface area contributed by atoms with Crippen LogP contribution in [0.15, 0.2) is 84.0 Å². The predicted molar refractivity (Wildman–Crippen MR) is 116 cm³/mol. The van der Waals surface area contributed by atoms with Gasteiger partial charge in [-0.15, -0.1) is 11.8 Å². The van der Waals surface area contributed by atoms with E-state index in [0.29, 0.717) is 5.75 Å². The molecule has 5 heteroatoms. The molecule has 0 bridgehead atoms. The van der Waals surface area contributed by atoms with Crippen LogP contribution in [0.2, 0.25) is 0 Å². The van der Waals surface area contributed by atoms with E-state index >= 15 is 0 Å². The van der Waals surface area contributed by atoms with E-state index < -0.39 is 0 Å². The first kappa shape index (κ1) is 18.3. The first-order chi connectivity index (χ1) is 13.7. The molecule has 0 fully saturated rings. The zero-order valence-corrected chi connectivity index (χ0v) is 16.4. The summed E-state index contributed by atoms with van der Waals surface area (Å²) in [4.78, 5) is 17.6. The Bertz CT molecular complexity index is 1100. The van der Waals surface area contributed by atoms with Crippen LogP contribution in [-0.4, -0.2) is 21.2 Å². The highest BCUT2D eigenvalue weighted by atomic mass is 32.2. The molecule has 0 unspecified atom stereocenters. The highest BCUT2D eigenvalue weighted by molar-refractivity contribution is 8.00. The highest BCUT2D eigenvalue weighted by Crippen LogP contribution is 2.24. The summed E-state index contributed by atoms with van der Waals surface area (Å²) in [7, 11) is 0. The molecule has 0 aliphatic carbocycles. The molecule has 0 radical (unpaired) electrons. The number of carbonyl (C=O) groups excluding carboxylic acids is 1. The minimum atomic E-state index is -0.00337. The van der Waals surface area contributed by atoms with E-state index in [-0.39, 0.29) is 5.91 Å². The largest absolute Gasteiger partial charge is 0.331 e. The zero-order chi connectivity index (χ0) is 19.3. The van der Waals surface area contributed by atoms with E-state index in [9.17, 15) is 4.79 Å². The summed E-state index contributed by atoms with van der Waals surface area (Å²) in [5.41, 5.74) is 1.99. The molecule has 4 aromatic rings. The molecule has 0 saturated heterocycles. The Morgan fingerprint density at radius 2 is 1.82 bits per heavy atom. The average Bonchev–Trinajstić information content (AvgIpc) is 3.12. The molecular weight excluding hydrogens is 366 g/mol. The molecule has 140 valence electrons. The number of carbonyl (C=O) groups is 1.